The van der Waals surface area contributed by atoms with E-state index >= 15 is 0 Å². The normalized spacial score (nSPS) is 1.50. The average Bonchev–Trinajstić information content (AvgIpc) is 1.00. The first-order chi connectivity index (χ1) is 1.00. The first-order valence-corrected chi connectivity index (χ1v) is 1.39. The number of rotatable bonds is 0. The molecule has 0 saturated carbocycles. The zero-order valence-electron chi connectivity index (χ0n) is 1.60. The van der Waals surface area contributed by atoms with Gasteiger partial charge in [0.05, 0.1) is 0 Å². The molecule has 1 radical (unpaired) electrons. The predicted octanol–water partition coefficient (Wildman–Crippen LogP) is -0.121. The van der Waals surface area contributed by atoms with Crippen LogP contribution in [-0.4, -0.2) is 0 Å². The Balaban J connectivity index is -0.00000000500. The Morgan fingerprint density at radius 1 is 1.25 bits per heavy atom. The molecule has 0 saturated heterocycles. The Labute approximate surface area is 107 Å². The minimum atomic E-state index is 0. The van der Waals surface area contributed by atoms with Gasteiger partial charge in [0.2, 0.25) is 0 Å². The minimum absolute atomic E-state index is 0. The molecule has 4 heteroatoms. The Morgan fingerprint density at radius 3 is 1.25 bits per heavy atom. The summed E-state index contributed by atoms with van der Waals surface area (Å²) in [5.41, 5.74) is 0. The van der Waals surface area contributed by atoms with Gasteiger partial charge >= 0.3 is 33.1 Å². The summed E-state index contributed by atoms with van der Waals surface area (Å²) >= 11 is 0.100. The second-order valence-corrected chi connectivity index (χ2v) is 0. The van der Waals surface area contributed by atoms with Crippen LogP contribution in [0.1, 0.15) is 0 Å². The molecule has 0 atom stereocenters. The molecular weight excluding hydrogens is 437 g/mol. The Kier molecular flexibility index (Phi) is 62.9. The van der Waals surface area contributed by atoms with E-state index in [1.807, 2.05) is 0 Å². The summed E-state index contributed by atoms with van der Waals surface area (Å²) in [5.74, 6) is 0. The van der Waals surface area contributed by atoms with Gasteiger partial charge in [0.25, 0.3) is 0 Å². The van der Waals surface area contributed by atoms with Gasteiger partial charge < -0.3 is 0 Å². The second-order valence-electron chi connectivity index (χ2n) is 0. The Morgan fingerprint density at radius 2 is 1.25 bits per heavy atom. The van der Waals surface area contributed by atoms with Crippen LogP contribution in [0.4, 0.5) is 0 Å². The van der Waals surface area contributed by atoms with Crippen molar-refractivity contribution in [1.29, 1.82) is 0 Å². The van der Waals surface area contributed by atoms with Gasteiger partial charge in [-0.25, -0.2) is 0 Å². The van der Waals surface area contributed by atoms with Crippen LogP contribution in [0.15, 0.2) is 0 Å². The van der Waals surface area contributed by atoms with E-state index in [4.69, 9.17) is 2.04 Å². The van der Waals surface area contributed by atoms with E-state index in [1.165, 1.54) is 0 Å². The second kappa shape index (κ2) is 16.1. The summed E-state index contributed by atoms with van der Waals surface area (Å²) < 4.78 is 8.38. The van der Waals surface area contributed by atoms with Gasteiger partial charge in [-0.15, -0.1) is 0 Å². The van der Waals surface area contributed by atoms with Crippen LogP contribution in [0.2, 0.25) is 0 Å². The molecule has 0 amide bonds. The molecule has 0 N–H and O–H groups in total. The van der Waals surface area contributed by atoms with Gasteiger partial charge in [-0.1, -0.05) is 0 Å². The molecule has 0 heterocycles. The van der Waals surface area contributed by atoms with Crippen LogP contribution in [0, 0.1) is 76.8 Å². The van der Waals surface area contributed by atoms with Crippen LogP contribution in [0.25, 0.3) is 0 Å². The van der Waals surface area contributed by atoms with Gasteiger partial charge in [-0.05, 0) is 0 Å². The molecule has 1 nitrogen and oxygen atoms in total. The van der Waals surface area contributed by atoms with E-state index in [0.29, 0.717) is 0 Å². The first kappa shape index (κ1) is 15.7. The first-order valence-electron chi connectivity index (χ1n) is 0.236. The molecule has 0 bridgehead atoms. The molecule has 0 aliphatic carbocycles. The fourth-order valence-electron chi connectivity index (χ4n) is 0. The molecule has 4 heavy (non-hydrogen) atoms. The summed E-state index contributed by atoms with van der Waals surface area (Å²) in [7, 11) is 0. The molecular formula is GdLuOY. The van der Waals surface area contributed by atoms with Crippen LogP contribution in [0.5, 0.6) is 0 Å². The molecule has 0 spiro atoms. The van der Waals surface area contributed by atoms with Crippen molar-refractivity contribution < 1.29 is 110 Å². The van der Waals surface area contributed by atoms with Crippen molar-refractivity contribution in [1.82, 2.24) is 0 Å². The zero-order chi connectivity index (χ0) is 2.00. The van der Waals surface area contributed by atoms with Gasteiger partial charge in [0, 0.05) is 76.8 Å². The van der Waals surface area contributed by atoms with E-state index in [-0.39, 0.29) is 108 Å². The van der Waals surface area contributed by atoms with Crippen molar-refractivity contribution in [2.24, 2.45) is 0 Å². The maximum absolute atomic E-state index is 8.38. The average molecular weight is 437 g/mol. The third kappa shape index (κ3) is 9.07. The van der Waals surface area contributed by atoms with Gasteiger partial charge in [0.1, 0.15) is 0 Å². The van der Waals surface area contributed by atoms with E-state index in [0.717, 1.165) is 0 Å². The van der Waals surface area contributed by atoms with Crippen LogP contribution >= 0.6 is 0 Å². The van der Waals surface area contributed by atoms with Crippen LogP contribution < -0.4 is 0 Å². The Bertz CT molecular complexity index is 8.00. The molecule has 0 aromatic heterocycles. The summed E-state index contributed by atoms with van der Waals surface area (Å²) in [5, 5.41) is 0. The fourth-order valence-corrected chi connectivity index (χ4v) is 0. The topological polar surface area (TPSA) is 17.1 Å². The molecule has 0 aromatic rings. The quantitative estimate of drug-likeness (QED) is 0.517. The fraction of sp³-hybridized carbons (Fsp3) is 0. The third-order valence-electron chi connectivity index (χ3n) is 0. The summed E-state index contributed by atoms with van der Waals surface area (Å²) in [4.78, 5) is 0. The molecule has 0 unspecified atom stereocenters. The molecule has 0 aliphatic rings. The van der Waals surface area contributed by atoms with E-state index < -0.39 is 0 Å². The SMILES string of the molecule is [Gd].[Lu].[O]=[Y]. The van der Waals surface area contributed by atoms with Crippen LogP contribution in [0.3, 0.4) is 0 Å². The Hall–Kier alpha value is 3.46. The van der Waals surface area contributed by atoms with Gasteiger partial charge in [0.15, 0.2) is 0 Å². The predicted molar refractivity (Wildman–Crippen MR) is 0.686 cm³/mol. The van der Waals surface area contributed by atoms with Crippen molar-refractivity contribution in [3.63, 3.8) is 0 Å². The van der Waals surface area contributed by atoms with Gasteiger partial charge in [-0.3, -0.25) is 0 Å². The van der Waals surface area contributed by atoms with Crippen molar-refractivity contribution in [3.05, 3.63) is 0 Å². The van der Waals surface area contributed by atoms with Crippen molar-refractivity contribution in [2.75, 3.05) is 0 Å². The van der Waals surface area contributed by atoms with Gasteiger partial charge in [-0.2, -0.15) is 0 Å². The summed E-state index contributed by atoms with van der Waals surface area (Å²) in [6.07, 6.45) is 0. The van der Waals surface area contributed by atoms with E-state index in [1.54, 1.807) is 0 Å². The number of hydrogen-bond donors (Lipinski definition) is 0. The van der Waals surface area contributed by atoms with Crippen molar-refractivity contribution >= 4 is 0 Å². The van der Waals surface area contributed by atoms with Crippen molar-refractivity contribution in [3.8, 4) is 0 Å². The molecule has 0 aromatic carbocycles. The standard InChI is InChI=1S/Gd.Lu.O.Y. The van der Waals surface area contributed by atoms with Crippen LogP contribution in [-0.2, 0) is 33.1 Å². The summed E-state index contributed by atoms with van der Waals surface area (Å²) in [6, 6.07) is 0. The third-order valence-corrected chi connectivity index (χ3v) is 0. The van der Waals surface area contributed by atoms with E-state index in [2.05, 4.69) is 0 Å². The molecule has 0 fully saturated rings. The van der Waals surface area contributed by atoms with E-state index in [9.17, 15) is 0 Å². The van der Waals surface area contributed by atoms with Crippen molar-refractivity contribution in [2.45, 2.75) is 0 Å². The zero-order valence-corrected chi connectivity index (χ0v) is 8.36. The molecule has 0 aliphatic heterocycles. The molecule has 32 valence electrons. The summed E-state index contributed by atoms with van der Waals surface area (Å²) in [6.45, 7) is 0. The number of hydrogen-bond acceptors (Lipinski definition) is 1. The maximum atomic E-state index is 8.38. The molecule has 0 rings (SSSR count). The monoisotopic (exact) mass is 438 g/mol.